The number of nitrogens with zero attached hydrogens (tertiary/aromatic N) is 2. The Morgan fingerprint density at radius 2 is 2.07 bits per heavy atom. The molecule has 0 aromatic rings. The van der Waals surface area contributed by atoms with Crippen LogP contribution in [0.25, 0.3) is 0 Å². The zero-order valence-electron chi connectivity index (χ0n) is 10.1. The normalized spacial score (nSPS) is 39.8. The summed E-state index contributed by atoms with van der Waals surface area (Å²) >= 11 is 2.02. The highest BCUT2D eigenvalue weighted by atomic mass is 32.2. The lowest BCUT2D eigenvalue weighted by atomic mass is 10.1. The molecule has 0 aliphatic carbocycles. The summed E-state index contributed by atoms with van der Waals surface area (Å²) in [6, 6.07) is 1.46. The predicted octanol–water partition coefficient (Wildman–Crippen LogP) is 0.326. The average molecular weight is 229 g/mol. The second kappa shape index (κ2) is 5.04. The second-order valence-corrected chi connectivity index (χ2v) is 5.93. The molecule has 0 spiro atoms. The summed E-state index contributed by atoms with van der Waals surface area (Å²) in [6.45, 7) is 8.41. The van der Waals surface area contributed by atoms with Gasteiger partial charge in [0.05, 0.1) is 0 Å². The first-order valence-electron chi connectivity index (χ1n) is 5.90. The van der Waals surface area contributed by atoms with Gasteiger partial charge in [-0.2, -0.15) is 11.8 Å². The first kappa shape index (κ1) is 11.7. The van der Waals surface area contributed by atoms with E-state index in [0.717, 1.165) is 11.3 Å². The topological polar surface area (TPSA) is 18.5 Å². The third kappa shape index (κ3) is 2.49. The third-order valence-corrected chi connectivity index (χ3v) is 4.83. The van der Waals surface area contributed by atoms with Gasteiger partial charge in [-0.25, -0.2) is 0 Å². The SMILES string of the molecule is CSC1CNCC1N1CCN(C)CC1C. The molecule has 2 heterocycles. The van der Waals surface area contributed by atoms with Gasteiger partial charge in [-0.3, -0.25) is 4.90 Å². The van der Waals surface area contributed by atoms with Gasteiger partial charge in [-0.15, -0.1) is 0 Å². The van der Waals surface area contributed by atoms with Crippen LogP contribution in [0.4, 0.5) is 0 Å². The molecule has 3 atom stereocenters. The summed E-state index contributed by atoms with van der Waals surface area (Å²) in [7, 11) is 2.23. The van der Waals surface area contributed by atoms with Gasteiger partial charge in [0.1, 0.15) is 0 Å². The van der Waals surface area contributed by atoms with Gasteiger partial charge in [-0.05, 0) is 20.2 Å². The fraction of sp³-hybridized carbons (Fsp3) is 1.00. The molecule has 0 saturated carbocycles. The summed E-state index contributed by atoms with van der Waals surface area (Å²) < 4.78 is 0. The van der Waals surface area contributed by atoms with E-state index >= 15 is 0 Å². The zero-order chi connectivity index (χ0) is 10.8. The summed E-state index contributed by atoms with van der Waals surface area (Å²) in [5.41, 5.74) is 0. The molecule has 4 heteroatoms. The molecule has 3 nitrogen and oxygen atoms in total. The quantitative estimate of drug-likeness (QED) is 0.735. The number of hydrogen-bond acceptors (Lipinski definition) is 4. The van der Waals surface area contributed by atoms with E-state index in [9.17, 15) is 0 Å². The van der Waals surface area contributed by atoms with Gasteiger partial charge < -0.3 is 10.2 Å². The van der Waals surface area contributed by atoms with Gasteiger partial charge in [0.25, 0.3) is 0 Å². The fourth-order valence-electron chi connectivity index (χ4n) is 2.86. The molecular weight excluding hydrogens is 206 g/mol. The smallest absolute Gasteiger partial charge is 0.0355 e. The molecule has 2 rings (SSSR count). The van der Waals surface area contributed by atoms with E-state index in [4.69, 9.17) is 0 Å². The van der Waals surface area contributed by atoms with E-state index in [1.165, 1.54) is 32.7 Å². The number of thioether (sulfide) groups is 1. The molecule has 15 heavy (non-hydrogen) atoms. The number of rotatable bonds is 2. The maximum atomic E-state index is 3.53. The molecule has 0 bridgehead atoms. The van der Waals surface area contributed by atoms with Crippen LogP contribution in [-0.4, -0.2) is 73.2 Å². The molecule has 2 fully saturated rings. The summed E-state index contributed by atoms with van der Waals surface area (Å²) in [5, 5.41) is 4.31. The minimum atomic E-state index is 0.711. The van der Waals surface area contributed by atoms with Crippen LogP contribution in [0, 0.1) is 0 Å². The minimum Gasteiger partial charge on any atom is -0.314 e. The highest BCUT2D eigenvalue weighted by Gasteiger charge is 2.35. The fourth-order valence-corrected chi connectivity index (χ4v) is 3.71. The van der Waals surface area contributed by atoms with E-state index in [-0.39, 0.29) is 0 Å². The predicted molar refractivity (Wildman–Crippen MR) is 67.6 cm³/mol. The van der Waals surface area contributed by atoms with Crippen molar-refractivity contribution in [2.75, 3.05) is 46.0 Å². The first-order chi connectivity index (χ1) is 7.22. The van der Waals surface area contributed by atoms with Crippen LogP contribution in [0.15, 0.2) is 0 Å². The lowest BCUT2D eigenvalue weighted by Gasteiger charge is -2.43. The van der Waals surface area contributed by atoms with E-state index < -0.39 is 0 Å². The van der Waals surface area contributed by atoms with Crippen LogP contribution in [0.2, 0.25) is 0 Å². The summed E-state index contributed by atoms with van der Waals surface area (Å²) in [6.07, 6.45) is 2.24. The molecule has 3 unspecified atom stereocenters. The Morgan fingerprint density at radius 1 is 1.27 bits per heavy atom. The van der Waals surface area contributed by atoms with Crippen molar-refractivity contribution in [2.24, 2.45) is 0 Å². The summed E-state index contributed by atoms with van der Waals surface area (Å²) in [5.74, 6) is 0. The Morgan fingerprint density at radius 3 is 2.73 bits per heavy atom. The number of hydrogen-bond donors (Lipinski definition) is 1. The monoisotopic (exact) mass is 229 g/mol. The molecule has 2 saturated heterocycles. The Hall–Kier alpha value is 0.230. The number of piperazine rings is 1. The van der Waals surface area contributed by atoms with Crippen molar-refractivity contribution in [1.82, 2.24) is 15.1 Å². The van der Waals surface area contributed by atoms with Gasteiger partial charge in [-0.1, -0.05) is 0 Å². The Balaban J connectivity index is 1.97. The maximum Gasteiger partial charge on any atom is 0.0355 e. The van der Waals surface area contributed by atoms with Gasteiger partial charge >= 0.3 is 0 Å². The lowest BCUT2D eigenvalue weighted by molar-refractivity contribution is 0.0697. The molecular formula is C11H23N3S. The molecule has 0 aromatic heterocycles. The number of likely N-dealkylation sites (N-methyl/N-ethyl adjacent to an activating group) is 1. The Labute approximate surface area is 97.6 Å². The third-order valence-electron chi connectivity index (χ3n) is 3.74. The number of nitrogens with one attached hydrogen (secondary N) is 1. The Kier molecular flexibility index (Phi) is 3.93. The zero-order valence-corrected chi connectivity index (χ0v) is 10.9. The molecule has 0 aromatic carbocycles. The lowest BCUT2D eigenvalue weighted by Crippen LogP contribution is -2.56. The van der Waals surface area contributed by atoms with E-state index in [2.05, 4.69) is 35.3 Å². The van der Waals surface area contributed by atoms with Crippen molar-refractivity contribution in [3.8, 4) is 0 Å². The highest BCUT2D eigenvalue weighted by molar-refractivity contribution is 7.99. The van der Waals surface area contributed by atoms with Crippen LogP contribution in [0.3, 0.4) is 0 Å². The molecule has 0 amide bonds. The molecule has 1 N–H and O–H groups in total. The van der Waals surface area contributed by atoms with Crippen LogP contribution < -0.4 is 5.32 Å². The maximum absolute atomic E-state index is 3.53. The van der Waals surface area contributed by atoms with Crippen molar-refractivity contribution in [3.63, 3.8) is 0 Å². The molecule has 0 radical (unpaired) electrons. The van der Waals surface area contributed by atoms with Crippen molar-refractivity contribution in [3.05, 3.63) is 0 Å². The first-order valence-corrected chi connectivity index (χ1v) is 7.19. The van der Waals surface area contributed by atoms with Gasteiger partial charge in [0.2, 0.25) is 0 Å². The largest absolute Gasteiger partial charge is 0.314 e. The molecule has 88 valence electrons. The Bertz CT molecular complexity index is 212. The van der Waals surface area contributed by atoms with E-state index in [1.807, 2.05) is 11.8 Å². The second-order valence-electron chi connectivity index (χ2n) is 4.85. The van der Waals surface area contributed by atoms with Crippen LogP contribution >= 0.6 is 11.8 Å². The molecule has 2 aliphatic heterocycles. The summed E-state index contributed by atoms with van der Waals surface area (Å²) in [4.78, 5) is 5.15. The van der Waals surface area contributed by atoms with E-state index in [1.54, 1.807) is 0 Å². The molecule has 2 aliphatic rings. The minimum absolute atomic E-state index is 0.711. The van der Waals surface area contributed by atoms with Crippen LogP contribution in [0.1, 0.15) is 6.92 Å². The average Bonchev–Trinajstić information content (AvgIpc) is 2.65. The van der Waals surface area contributed by atoms with Crippen molar-refractivity contribution >= 4 is 11.8 Å². The van der Waals surface area contributed by atoms with Gasteiger partial charge in [0.15, 0.2) is 0 Å². The van der Waals surface area contributed by atoms with Crippen LogP contribution in [0.5, 0.6) is 0 Å². The van der Waals surface area contributed by atoms with Crippen molar-refractivity contribution in [2.45, 2.75) is 24.3 Å². The van der Waals surface area contributed by atoms with Crippen LogP contribution in [-0.2, 0) is 0 Å². The standard InChI is InChI=1S/C11H23N3S/c1-9-8-13(2)4-5-14(9)10-6-12-7-11(10)15-3/h9-12H,4-8H2,1-3H3. The van der Waals surface area contributed by atoms with E-state index in [0.29, 0.717) is 6.04 Å². The van der Waals surface area contributed by atoms with Gasteiger partial charge in [0, 0.05) is 50.1 Å². The van der Waals surface area contributed by atoms with Crippen molar-refractivity contribution in [1.29, 1.82) is 0 Å². The van der Waals surface area contributed by atoms with Crippen molar-refractivity contribution < 1.29 is 0 Å². The highest BCUT2D eigenvalue weighted by Crippen LogP contribution is 2.23.